The second-order valence-corrected chi connectivity index (χ2v) is 3.92. The van der Waals surface area contributed by atoms with E-state index in [9.17, 15) is 9.59 Å². The van der Waals surface area contributed by atoms with Gasteiger partial charge in [-0.05, 0) is 24.6 Å². The first kappa shape index (κ1) is 14.8. The minimum atomic E-state index is -0.685. The molecule has 1 aromatic carbocycles. The van der Waals surface area contributed by atoms with Crippen LogP contribution in [0.4, 0.5) is 4.79 Å². The first-order chi connectivity index (χ1) is 9.06. The van der Waals surface area contributed by atoms with Crippen molar-refractivity contribution in [2.24, 2.45) is 0 Å². The molecule has 0 heterocycles. The summed E-state index contributed by atoms with van der Waals surface area (Å²) in [4.78, 5) is 22.7. The van der Waals surface area contributed by atoms with Gasteiger partial charge in [-0.15, -0.1) is 0 Å². The number of methoxy groups -OCH3 is 2. The largest absolute Gasteiger partial charge is 0.497 e. The van der Waals surface area contributed by atoms with Crippen LogP contribution in [-0.2, 0) is 16.1 Å². The molecule has 0 fully saturated rings. The third kappa shape index (κ3) is 4.87. The zero-order chi connectivity index (χ0) is 14.3. The van der Waals surface area contributed by atoms with Crippen molar-refractivity contribution >= 4 is 12.0 Å². The van der Waals surface area contributed by atoms with Crippen molar-refractivity contribution in [1.82, 2.24) is 10.6 Å². The summed E-state index contributed by atoms with van der Waals surface area (Å²) < 4.78 is 9.59. The number of amides is 2. The monoisotopic (exact) mass is 266 g/mol. The minimum absolute atomic E-state index is 0.344. The van der Waals surface area contributed by atoms with Crippen LogP contribution in [0.25, 0.3) is 0 Å². The predicted octanol–water partition coefficient (Wildman–Crippen LogP) is 1.06. The third-order valence-corrected chi connectivity index (χ3v) is 2.49. The van der Waals surface area contributed by atoms with E-state index in [-0.39, 0.29) is 0 Å². The molecule has 2 amide bonds. The molecule has 1 aromatic rings. The van der Waals surface area contributed by atoms with Crippen molar-refractivity contribution in [1.29, 1.82) is 0 Å². The molecule has 0 radical (unpaired) electrons. The van der Waals surface area contributed by atoms with Crippen LogP contribution in [0, 0.1) is 0 Å². The fourth-order valence-electron chi connectivity index (χ4n) is 1.45. The van der Waals surface area contributed by atoms with E-state index in [4.69, 9.17) is 4.74 Å². The zero-order valence-electron chi connectivity index (χ0n) is 11.2. The fraction of sp³-hybridized carbons (Fsp3) is 0.385. The maximum Gasteiger partial charge on any atom is 0.328 e. The van der Waals surface area contributed by atoms with Crippen LogP contribution < -0.4 is 15.4 Å². The number of benzene rings is 1. The van der Waals surface area contributed by atoms with Crippen LogP contribution in [0.15, 0.2) is 24.3 Å². The number of rotatable bonds is 5. The molecule has 0 saturated carbocycles. The summed E-state index contributed by atoms with van der Waals surface area (Å²) in [6.07, 6.45) is 0. The Morgan fingerprint density at radius 3 is 2.68 bits per heavy atom. The van der Waals surface area contributed by atoms with E-state index in [0.717, 1.165) is 11.3 Å². The summed E-state index contributed by atoms with van der Waals surface area (Å²) in [6, 6.07) is 6.24. The van der Waals surface area contributed by atoms with Crippen molar-refractivity contribution in [3.63, 3.8) is 0 Å². The number of carbonyl (C=O) groups excluding carboxylic acids is 2. The Labute approximate surface area is 112 Å². The Morgan fingerprint density at radius 1 is 1.32 bits per heavy atom. The Morgan fingerprint density at radius 2 is 2.05 bits per heavy atom. The molecule has 1 atom stereocenters. The Bertz CT molecular complexity index is 448. The van der Waals surface area contributed by atoms with E-state index in [1.807, 2.05) is 24.3 Å². The van der Waals surface area contributed by atoms with Crippen molar-refractivity contribution < 1.29 is 19.1 Å². The zero-order valence-corrected chi connectivity index (χ0v) is 11.2. The van der Waals surface area contributed by atoms with Gasteiger partial charge in [0.15, 0.2) is 0 Å². The number of hydrogen-bond acceptors (Lipinski definition) is 4. The molecule has 0 saturated heterocycles. The fourth-order valence-corrected chi connectivity index (χ4v) is 1.45. The van der Waals surface area contributed by atoms with Crippen LogP contribution in [0.1, 0.15) is 12.5 Å². The smallest absolute Gasteiger partial charge is 0.328 e. The molecule has 1 rings (SSSR count). The highest BCUT2D eigenvalue weighted by Gasteiger charge is 2.15. The van der Waals surface area contributed by atoms with Gasteiger partial charge in [-0.25, -0.2) is 9.59 Å². The highest BCUT2D eigenvalue weighted by atomic mass is 16.5. The van der Waals surface area contributed by atoms with Gasteiger partial charge in [0.2, 0.25) is 0 Å². The summed E-state index contributed by atoms with van der Waals surface area (Å²) in [5, 5.41) is 5.12. The molecule has 0 aliphatic heterocycles. The lowest BCUT2D eigenvalue weighted by Crippen LogP contribution is -2.44. The summed E-state index contributed by atoms with van der Waals surface area (Å²) in [6.45, 7) is 1.90. The average Bonchev–Trinajstić information content (AvgIpc) is 2.44. The lowest BCUT2D eigenvalue weighted by Gasteiger charge is -2.12. The maximum absolute atomic E-state index is 11.5. The van der Waals surface area contributed by atoms with E-state index in [1.165, 1.54) is 7.11 Å². The molecular formula is C13H18N2O4. The molecular weight excluding hydrogens is 248 g/mol. The van der Waals surface area contributed by atoms with Crippen molar-refractivity contribution in [2.45, 2.75) is 19.5 Å². The second-order valence-electron chi connectivity index (χ2n) is 3.92. The van der Waals surface area contributed by atoms with Gasteiger partial charge in [-0.1, -0.05) is 12.1 Å². The molecule has 0 aliphatic carbocycles. The van der Waals surface area contributed by atoms with E-state index in [2.05, 4.69) is 15.4 Å². The van der Waals surface area contributed by atoms with Crippen molar-refractivity contribution in [3.05, 3.63) is 29.8 Å². The van der Waals surface area contributed by atoms with Gasteiger partial charge >= 0.3 is 12.0 Å². The molecule has 0 aliphatic rings. The van der Waals surface area contributed by atoms with Gasteiger partial charge in [-0.3, -0.25) is 0 Å². The molecule has 104 valence electrons. The lowest BCUT2D eigenvalue weighted by molar-refractivity contribution is -0.142. The van der Waals surface area contributed by atoms with Gasteiger partial charge in [0.05, 0.1) is 14.2 Å². The topological polar surface area (TPSA) is 76.7 Å². The van der Waals surface area contributed by atoms with Gasteiger partial charge < -0.3 is 20.1 Å². The number of ether oxygens (including phenoxy) is 2. The average molecular weight is 266 g/mol. The molecule has 6 heteroatoms. The number of hydrogen-bond donors (Lipinski definition) is 2. The first-order valence-corrected chi connectivity index (χ1v) is 5.82. The quantitative estimate of drug-likeness (QED) is 0.781. The summed E-state index contributed by atoms with van der Waals surface area (Å²) in [5.74, 6) is 0.235. The molecule has 0 aromatic heterocycles. The van der Waals surface area contributed by atoms with E-state index in [1.54, 1.807) is 14.0 Å². The SMILES string of the molecule is COC(=O)[C@H](C)NC(=O)NCc1cccc(OC)c1. The maximum atomic E-state index is 11.5. The van der Waals surface area contributed by atoms with Crippen LogP contribution in [0.5, 0.6) is 5.75 Å². The summed E-state index contributed by atoms with van der Waals surface area (Å²) in [7, 11) is 2.85. The highest BCUT2D eigenvalue weighted by molar-refractivity contribution is 5.83. The number of urea groups is 1. The number of esters is 1. The van der Waals surface area contributed by atoms with Crippen LogP contribution in [0.2, 0.25) is 0 Å². The van der Waals surface area contributed by atoms with Crippen molar-refractivity contribution in [2.75, 3.05) is 14.2 Å². The molecule has 0 spiro atoms. The van der Waals surface area contributed by atoms with Crippen LogP contribution in [0.3, 0.4) is 0 Å². The van der Waals surface area contributed by atoms with Gasteiger partial charge in [0, 0.05) is 6.54 Å². The predicted molar refractivity (Wildman–Crippen MR) is 69.8 cm³/mol. The molecule has 6 nitrogen and oxygen atoms in total. The highest BCUT2D eigenvalue weighted by Crippen LogP contribution is 2.11. The van der Waals surface area contributed by atoms with Crippen LogP contribution >= 0.6 is 0 Å². The molecule has 0 unspecified atom stereocenters. The summed E-state index contributed by atoms with van der Waals surface area (Å²) in [5.41, 5.74) is 0.903. The molecule has 19 heavy (non-hydrogen) atoms. The van der Waals surface area contributed by atoms with E-state index < -0.39 is 18.0 Å². The third-order valence-electron chi connectivity index (χ3n) is 2.49. The Balaban J connectivity index is 2.43. The standard InChI is InChI=1S/C13H18N2O4/c1-9(12(16)19-3)15-13(17)14-8-10-5-4-6-11(7-10)18-2/h4-7,9H,8H2,1-3H3,(H2,14,15,17)/t9-/m0/s1. The van der Waals surface area contributed by atoms with Gasteiger partial charge in [-0.2, -0.15) is 0 Å². The number of nitrogens with one attached hydrogen (secondary N) is 2. The Hall–Kier alpha value is -2.24. The van der Waals surface area contributed by atoms with Crippen molar-refractivity contribution in [3.8, 4) is 5.75 Å². The first-order valence-electron chi connectivity index (χ1n) is 5.82. The second kappa shape index (κ2) is 7.25. The minimum Gasteiger partial charge on any atom is -0.497 e. The Kier molecular flexibility index (Phi) is 5.66. The normalized spacial score (nSPS) is 11.3. The molecule has 2 N–H and O–H groups in total. The van der Waals surface area contributed by atoms with Gasteiger partial charge in [0.25, 0.3) is 0 Å². The van der Waals surface area contributed by atoms with E-state index in [0.29, 0.717) is 6.54 Å². The number of carbonyl (C=O) groups is 2. The van der Waals surface area contributed by atoms with Crippen LogP contribution in [-0.4, -0.2) is 32.3 Å². The van der Waals surface area contributed by atoms with E-state index >= 15 is 0 Å². The molecule has 0 bridgehead atoms. The lowest BCUT2D eigenvalue weighted by atomic mass is 10.2. The summed E-state index contributed by atoms with van der Waals surface area (Å²) >= 11 is 0. The van der Waals surface area contributed by atoms with Gasteiger partial charge in [0.1, 0.15) is 11.8 Å².